The Morgan fingerprint density at radius 3 is 2.62 bits per heavy atom. The Balaban J connectivity index is 1.68. The molecule has 2 heterocycles. The van der Waals surface area contributed by atoms with Gasteiger partial charge in [-0.3, -0.25) is 14.2 Å². The van der Waals surface area contributed by atoms with Crippen molar-refractivity contribution >= 4 is 5.91 Å². The number of rotatable bonds is 6. The Bertz CT molecular complexity index is 912. The number of carbonyl (C=O) groups excluding carboxylic acids is 1. The van der Waals surface area contributed by atoms with Crippen LogP contribution in [-0.2, 0) is 13.6 Å². The van der Waals surface area contributed by atoms with E-state index in [4.69, 9.17) is 4.74 Å². The van der Waals surface area contributed by atoms with Crippen LogP contribution in [0, 0.1) is 13.8 Å². The van der Waals surface area contributed by atoms with Crippen LogP contribution in [0.1, 0.15) is 21.7 Å². The van der Waals surface area contributed by atoms with Gasteiger partial charge in [0.05, 0.1) is 19.3 Å². The van der Waals surface area contributed by atoms with Crippen molar-refractivity contribution in [2.24, 2.45) is 7.05 Å². The summed E-state index contributed by atoms with van der Waals surface area (Å²) in [5.41, 5.74) is 4.79. The summed E-state index contributed by atoms with van der Waals surface area (Å²) in [4.78, 5) is 12.3. The quantitative estimate of drug-likeness (QED) is 0.738. The molecular formula is C19H23N5O2. The third kappa shape index (κ3) is 3.46. The zero-order valence-electron chi connectivity index (χ0n) is 15.5. The summed E-state index contributed by atoms with van der Waals surface area (Å²) in [7, 11) is 3.25. The topological polar surface area (TPSA) is 74.0 Å². The number of hydrogen-bond acceptors (Lipinski definition) is 4. The summed E-state index contributed by atoms with van der Waals surface area (Å²) in [5.74, 6) is 0.113. The molecule has 0 aliphatic rings. The van der Waals surface area contributed by atoms with Gasteiger partial charge in [0.15, 0.2) is 0 Å². The maximum Gasteiger partial charge on any atom is 0.258 e. The maximum atomic E-state index is 12.3. The molecule has 7 nitrogen and oxygen atoms in total. The molecule has 0 saturated carbocycles. The SMILES string of the molecule is COc1nn(C)cc1C(=O)NCCn1nc(C)c(-c2ccccc2)c1C. The van der Waals surface area contributed by atoms with Gasteiger partial charge in [0, 0.05) is 31.0 Å². The third-order valence-corrected chi connectivity index (χ3v) is 4.29. The molecule has 0 bridgehead atoms. The average Bonchev–Trinajstić information content (AvgIpc) is 3.15. The average molecular weight is 353 g/mol. The largest absolute Gasteiger partial charge is 0.479 e. The molecule has 0 aliphatic heterocycles. The molecule has 0 spiro atoms. The number of hydrogen-bond donors (Lipinski definition) is 1. The molecule has 136 valence electrons. The van der Waals surface area contributed by atoms with Crippen molar-refractivity contribution in [2.45, 2.75) is 20.4 Å². The zero-order chi connectivity index (χ0) is 18.7. The zero-order valence-corrected chi connectivity index (χ0v) is 15.5. The predicted molar refractivity (Wildman–Crippen MR) is 99.2 cm³/mol. The van der Waals surface area contributed by atoms with Crippen molar-refractivity contribution in [3.63, 3.8) is 0 Å². The van der Waals surface area contributed by atoms with Gasteiger partial charge >= 0.3 is 0 Å². The van der Waals surface area contributed by atoms with Crippen molar-refractivity contribution < 1.29 is 9.53 Å². The van der Waals surface area contributed by atoms with Crippen LogP contribution < -0.4 is 10.1 Å². The van der Waals surface area contributed by atoms with E-state index in [1.165, 1.54) is 7.11 Å². The molecule has 2 aromatic heterocycles. The second-order valence-electron chi connectivity index (χ2n) is 6.12. The second kappa shape index (κ2) is 7.43. The van der Waals surface area contributed by atoms with E-state index in [0.29, 0.717) is 24.5 Å². The number of amides is 1. The number of carbonyl (C=O) groups is 1. The van der Waals surface area contributed by atoms with E-state index in [-0.39, 0.29) is 5.91 Å². The highest BCUT2D eigenvalue weighted by atomic mass is 16.5. The summed E-state index contributed by atoms with van der Waals surface area (Å²) in [5, 5.41) is 11.6. The Hall–Kier alpha value is -3.09. The highest BCUT2D eigenvalue weighted by Crippen LogP contribution is 2.26. The van der Waals surface area contributed by atoms with E-state index in [1.807, 2.05) is 36.7 Å². The van der Waals surface area contributed by atoms with E-state index >= 15 is 0 Å². The number of methoxy groups -OCH3 is 1. The number of benzene rings is 1. The van der Waals surface area contributed by atoms with E-state index in [9.17, 15) is 4.79 Å². The number of nitrogens with zero attached hydrogens (tertiary/aromatic N) is 4. The van der Waals surface area contributed by atoms with Gasteiger partial charge in [-0.05, 0) is 19.4 Å². The van der Waals surface area contributed by atoms with Crippen LogP contribution >= 0.6 is 0 Å². The molecule has 0 fully saturated rings. The minimum atomic E-state index is -0.209. The summed E-state index contributed by atoms with van der Waals surface area (Å²) in [6.07, 6.45) is 1.64. The lowest BCUT2D eigenvalue weighted by Crippen LogP contribution is -2.27. The Morgan fingerprint density at radius 2 is 1.92 bits per heavy atom. The van der Waals surface area contributed by atoms with Crippen LogP contribution in [0.15, 0.2) is 36.5 Å². The Labute approximate surface area is 152 Å². The molecule has 26 heavy (non-hydrogen) atoms. The fourth-order valence-corrected chi connectivity index (χ4v) is 3.08. The number of ether oxygens (including phenoxy) is 1. The fraction of sp³-hybridized carbons (Fsp3) is 0.316. The van der Waals surface area contributed by atoms with Crippen molar-refractivity contribution in [3.8, 4) is 17.0 Å². The summed E-state index contributed by atoms with van der Waals surface area (Å²) >= 11 is 0. The van der Waals surface area contributed by atoms with E-state index in [1.54, 1.807) is 17.9 Å². The first-order valence-electron chi connectivity index (χ1n) is 8.46. The van der Waals surface area contributed by atoms with E-state index in [0.717, 1.165) is 22.5 Å². The first-order chi connectivity index (χ1) is 12.5. The fourth-order valence-electron chi connectivity index (χ4n) is 3.08. The van der Waals surface area contributed by atoms with Gasteiger partial charge in [-0.1, -0.05) is 30.3 Å². The summed E-state index contributed by atoms with van der Waals surface area (Å²) in [6, 6.07) is 10.2. The monoisotopic (exact) mass is 353 g/mol. The Kier molecular flexibility index (Phi) is 5.06. The van der Waals surface area contributed by atoms with Crippen molar-refractivity contribution in [1.82, 2.24) is 24.9 Å². The molecule has 7 heteroatoms. The van der Waals surface area contributed by atoms with Crippen LogP contribution in [0.4, 0.5) is 0 Å². The normalized spacial score (nSPS) is 10.8. The first-order valence-corrected chi connectivity index (χ1v) is 8.46. The van der Waals surface area contributed by atoms with Gasteiger partial charge in [0.1, 0.15) is 5.56 Å². The number of nitrogens with one attached hydrogen (secondary N) is 1. The van der Waals surface area contributed by atoms with Crippen LogP contribution in [-0.4, -0.2) is 39.1 Å². The molecule has 0 atom stereocenters. The van der Waals surface area contributed by atoms with E-state index in [2.05, 4.69) is 27.6 Å². The van der Waals surface area contributed by atoms with Gasteiger partial charge in [0.25, 0.3) is 5.91 Å². The minimum Gasteiger partial charge on any atom is -0.479 e. The molecule has 3 aromatic rings. The smallest absolute Gasteiger partial charge is 0.258 e. The highest BCUT2D eigenvalue weighted by Gasteiger charge is 2.17. The number of aromatic nitrogens is 4. The van der Waals surface area contributed by atoms with Gasteiger partial charge in [0.2, 0.25) is 5.88 Å². The first kappa shape index (κ1) is 17.7. The molecule has 0 saturated heterocycles. The second-order valence-corrected chi connectivity index (χ2v) is 6.12. The molecule has 0 aliphatic carbocycles. The molecule has 1 amide bonds. The lowest BCUT2D eigenvalue weighted by molar-refractivity contribution is 0.0948. The highest BCUT2D eigenvalue weighted by molar-refractivity contribution is 5.96. The standard InChI is InChI=1S/C19H23N5O2/c1-13-17(15-8-6-5-7-9-15)14(2)24(21-13)11-10-20-18(25)16-12-23(3)22-19(16)26-4/h5-9,12H,10-11H2,1-4H3,(H,20,25). The van der Waals surface area contributed by atoms with Crippen molar-refractivity contribution in [1.29, 1.82) is 0 Å². The van der Waals surface area contributed by atoms with Crippen LogP contribution in [0.2, 0.25) is 0 Å². The van der Waals surface area contributed by atoms with E-state index < -0.39 is 0 Å². The molecule has 1 N–H and O–H groups in total. The summed E-state index contributed by atoms with van der Waals surface area (Å²) in [6.45, 7) is 5.11. The van der Waals surface area contributed by atoms with Crippen molar-refractivity contribution in [2.75, 3.05) is 13.7 Å². The lowest BCUT2D eigenvalue weighted by atomic mass is 10.0. The van der Waals surface area contributed by atoms with Gasteiger partial charge in [-0.25, -0.2) is 0 Å². The van der Waals surface area contributed by atoms with Gasteiger partial charge in [-0.2, -0.15) is 5.10 Å². The lowest BCUT2D eigenvalue weighted by Gasteiger charge is -2.07. The maximum absolute atomic E-state index is 12.3. The molecular weight excluding hydrogens is 330 g/mol. The molecule has 1 aromatic carbocycles. The van der Waals surface area contributed by atoms with Crippen molar-refractivity contribution in [3.05, 3.63) is 53.5 Å². The Morgan fingerprint density at radius 1 is 1.19 bits per heavy atom. The van der Waals surface area contributed by atoms with Gasteiger partial charge in [-0.15, -0.1) is 5.10 Å². The van der Waals surface area contributed by atoms with Crippen LogP contribution in [0.3, 0.4) is 0 Å². The third-order valence-electron chi connectivity index (χ3n) is 4.29. The molecule has 0 unspecified atom stereocenters. The molecule has 0 radical (unpaired) electrons. The van der Waals surface area contributed by atoms with Crippen LogP contribution in [0.5, 0.6) is 5.88 Å². The van der Waals surface area contributed by atoms with Crippen LogP contribution in [0.25, 0.3) is 11.1 Å². The summed E-state index contributed by atoms with van der Waals surface area (Å²) < 4.78 is 8.61. The molecule has 3 rings (SSSR count). The minimum absolute atomic E-state index is 0.209. The number of aryl methyl sites for hydroxylation is 2. The predicted octanol–water partition coefficient (Wildman–Crippen LogP) is 2.34. The van der Waals surface area contributed by atoms with Gasteiger partial charge < -0.3 is 10.1 Å².